The highest BCUT2D eigenvalue weighted by Crippen LogP contribution is 2.28. The van der Waals surface area contributed by atoms with Crippen molar-refractivity contribution in [1.82, 2.24) is 9.78 Å². The summed E-state index contributed by atoms with van der Waals surface area (Å²) < 4.78 is 2.08. The molecule has 1 fully saturated rings. The van der Waals surface area contributed by atoms with Gasteiger partial charge in [0, 0.05) is 6.20 Å². The summed E-state index contributed by atoms with van der Waals surface area (Å²) in [7, 11) is 0. The van der Waals surface area contributed by atoms with Crippen molar-refractivity contribution in [3.63, 3.8) is 0 Å². The Labute approximate surface area is 84.7 Å². The molecule has 0 bridgehead atoms. The SMILES string of the molecule is Cc1cn(C2CCC(O)CC2)nc1C. The monoisotopic (exact) mass is 194 g/mol. The van der Waals surface area contributed by atoms with Crippen LogP contribution in [0.2, 0.25) is 0 Å². The van der Waals surface area contributed by atoms with Crippen molar-refractivity contribution < 1.29 is 5.11 Å². The van der Waals surface area contributed by atoms with E-state index < -0.39 is 0 Å². The van der Waals surface area contributed by atoms with Gasteiger partial charge in [-0.1, -0.05) is 0 Å². The minimum absolute atomic E-state index is 0.0796. The maximum absolute atomic E-state index is 9.40. The third-order valence-electron chi connectivity index (χ3n) is 3.20. The maximum atomic E-state index is 9.40. The van der Waals surface area contributed by atoms with E-state index in [1.807, 2.05) is 6.92 Å². The van der Waals surface area contributed by atoms with Crippen LogP contribution in [0.25, 0.3) is 0 Å². The van der Waals surface area contributed by atoms with Crippen LogP contribution in [0.4, 0.5) is 0 Å². The molecule has 1 aromatic rings. The first-order valence-corrected chi connectivity index (χ1v) is 5.37. The first-order chi connectivity index (χ1) is 6.66. The zero-order valence-electron chi connectivity index (χ0n) is 8.90. The molecular weight excluding hydrogens is 176 g/mol. The Hall–Kier alpha value is -0.830. The van der Waals surface area contributed by atoms with E-state index >= 15 is 0 Å². The van der Waals surface area contributed by atoms with E-state index in [4.69, 9.17) is 0 Å². The second-order valence-electron chi connectivity index (χ2n) is 4.34. The molecule has 0 spiro atoms. The van der Waals surface area contributed by atoms with E-state index in [1.165, 1.54) is 5.56 Å². The predicted molar refractivity (Wildman–Crippen MR) is 55.2 cm³/mol. The van der Waals surface area contributed by atoms with Crippen molar-refractivity contribution >= 4 is 0 Å². The minimum atomic E-state index is -0.0796. The molecule has 0 atom stereocenters. The van der Waals surface area contributed by atoms with Crippen LogP contribution in [-0.2, 0) is 0 Å². The highest BCUT2D eigenvalue weighted by molar-refractivity contribution is 5.12. The van der Waals surface area contributed by atoms with Crippen LogP contribution >= 0.6 is 0 Å². The molecule has 3 heteroatoms. The summed E-state index contributed by atoms with van der Waals surface area (Å²) in [6.45, 7) is 4.14. The van der Waals surface area contributed by atoms with Gasteiger partial charge in [-0.25, -0.2) is 0 Å². The molecule has 78 valence electrons. The van der Waals surface area contributed by atoms with Gasteiger partial charge in [0.25, 0.3) is 0 Å². The molecule has 1 saturated carbocycles. The number of nitrogens with zero attached hydrogens (tertiary/aromatic N) is 2. The van der Waals surface area contributed by atoms with E-state index in [0.29, 0.717) is 6.04 Å². The van der Waals surface area contributed by atoms with Gasteiger partial charge in [-0.3, -0.25) is 4.68 Å². The van der Waals surface area contributed by atoms with Crippen molar-refractivity contribution in [2.45, 2.75) is 51.7 Å². The summed E-state index contributed by atoms with van der Waals surface area (Å²) in [6.07, 6.45) is 6.00. The first kappa shape index (κ1) is 9.71. The van der Waals surface area contributed by atoms with Gasteiger partial charge in [-0.05, 0) is 45.1 Å². The Balaban J connectivity index is 2.08. The normalized spacial score (nSPS) is 27.9. The second-order valence-corrected chi connectivity index (χ2v) is 4.34. The molecule has 1 aromatic heterocycles. The lowest BCUT2D eigenvalue weighted by molar-refractivity contribution is 0.108. The number of aromatic nitrogens is 2. The zero-order valence-corrected chi connectivity index (χ0v) is 8.90. The molecule has 1 aliphatic rings. The highest BCUT2D eigenvalue weighted by Gasteiger charge is 2.21. The number of aryl methyl sites for hydroxylation is 2. The van der Waals surface area contributed by atoms with Crippen molar-refractivity contribution in [2.24, 2.45) is 0 Å². The zero-order chi connectivity index (χ0) is 10.1. The summed E-state index contributed by atoms with van der Waals surface area (Å²) in [5, 5.41) is 13.9. The lowest BCUT2D eigenvalue weighted by Crippen LogP contribution is -2.21. The van der Waals surface area contributed by atoms with Gasteiger partial charge in [-0.2, -0.15) is 5.10 Å². The number of aliphatic hydroxyl groups is 1. The van der Waals surface area contributed by atoms with Crippen LogP contribution in [0, 0.1) is 13.8 Å². The Kier molecular flexibility index (Phi) is 2.59. The number of aliphatic hydroxyl groups excluding tert-OH is 1. The van der Waals surface area contributed by atoms with Gasteiger partial charge in [-0.15, -0.1) is 0 Å². The van der Waals surface area contributed by atoms with Gasteiger partial charge in [0.2, 0.25) is 0 Å². The predicted octanol–water partition coefficient (Wildman–Crippen LogP) is 1.98. The topological polar surface area (TPSA) is 38.0 Å². The van der Waals surface area contributed by atoms with Crippen molar-refractivity contribution in [1.29, 1.82) is 0 Å². The fourth-order valence-electron chi connectivity index (χ4n) is 2.08. The molecule has 0 radical (unpaired) electrons. The average molecular weight is 194 g/mol. The Bertz CT molecular complexity index is 292. The number of hydrogen-bond donors (Lipinski definition) is 1. The summed E-state index contributed by atoms with van der Waals surface area (Å²) in [5.41, 5.74) is 2.38. The molecular formula is C11H18N2O. The van der Waals surface area contributed by atoms with Crippen molar-refractivity contribution in [3.05, 3.63) is 17.5 Å². The molecule has 1 N–H and O–H groups in total. The Morgan fingerprint density at radius 2 is 1.93 bits per heavy atom. The van der Waals surface area contributed by atoms with Gasteiger partial charge in [0.1, 0.15) is 0 Å². The van der Waals surface area contributed by atoms with Crippen molar-refractivity contribution in [3.8, 4) is 0 Å². The maximum Gasteiger partial charge on any atom is 0.0622 e. The van der Waals surface area contributed by atoms with Crippen LogP contribution in [0.3, 0.4) is 0 Å². The fraction of sp³-hybridized carbons (Fsp3) is 0.727. The van der Waals surface area contributed by atoms with E-state index in [2.05, 4.69) is 22.9 Å². The average Bonchev–Trinajstić information content (AvgIpc) is 2.48. The summed E-state index contributed by atoms with van der Waals surface area (Å²) in [4.78, 5) is 0. The van der Waals surface area contributed by atoms with Crippen LogP contribution in [0.1, 0.15) is 43.0 Å². The second kappa shape index (κ2) is 3.73. The van der Waals surface area contributed by atoms with E-state index in [1.54, 1.807) is 0 Å². The van der Waals surface area contributed by atoms with Crippen LogP contribution in [-0.4, -0.2) is 21.0 Å². The lowest BCUT2D eigenvalue weighted by Gasteiger charge is -2.25. The molecule has 0 aromatic carbocycles. The molecule has 1 heterocycles. The molecule has 0 amide bonds. The standard InChI is InChI=1S/C11H18N2O/c1-8-7-13(12-9(8)2)10-3-5-11(14)6-4-10/h7,10-11,14H,3-6H2,1-2H3. The Morgan fingerprint density at radius 1 is 1.29 bits per heavy atom. The molecule has 0 unspecified atom stereocenters. The van der Waals surface area contributed by atoms with Crippen LogP contribution in [0.15, 0.2) is 6.20 Å². The van der Waals surface area contributed by atoms with Crippen molar-refractivity contribution in [2.75, 3.05) is 0 Å². The van der Waals surface area contributed by atoms with E-state index in [-0.39, 0.29) is 6.10 Å². The number of rotatable bonds is 1. The summed E-state index contributed by atoms with van der Waals surface area (Å²) >= 11 is 0. The molecule has 0 aliphatic heterocycles. The lowest BCUT2D eigenvalue weighted by atomic mass is 9.93. The fourth-order valence-corrected chi connectivity index (χ4v) is 2.08. The Morgan fingerprint density at radius 3 is 2.43 bits per heavy atom. The first-order valence-electron chi connectivity index (χ1n) is 5.37. The van der Waals surface area contributed by atoms with Gasteiger partial charge in [0.05, 0.1) is 17.8 Å². The smallest absolute Gasteiger partial charge is 0.0622 e. The molecule has 1 aliphatic carbocycles. The third-order valence-corrected chi connectivity index (χ3v) is 3.20. The largest absolute Gasteiger partial charge is 0.393 e. The molecule has 14 heavy (non-hydrogen) atoms. The third kappa shape index (κ3) is 1.82. The summed E-state index contributed by atoms with van der Waals surface area (Å²) in [5.74, 6) is 0. The molecule has 2 rings (SSSR count). The highest BCUT2D eigenvalue weighted by atomic mass is 16.3. The quantitative estimate of drug-likeness (QED) is 0.742. The molecule has 0 saturated heterocycles. The van der Waals surface area contributed by atoms with Gasteiger partial charge in [0.15, 0.2) is 0 Å². The number of hydrogen-bond acceptors (Lipinski definition) is 2. The van der Waals surface area contributed by atoms with Crippen LogP contribution < -0.4 is 0 Å². The van der Waals surface area contributed by atoms with E-state index in [9.17, 15) is 5.11 Å². The van der Waals surface area contributed by atoms with E-state index in [0.717, 1.165) is 31.4 Å². The summed E-state index contributed by atoms with van der Waals surface area (Å²) in [6, 6.07) is 0.505. The molecule has 3 nitrogen and oxygen atoms in total. The minimum Gasteiger partial charge on any atom is -0.393 e. The van der Waals surface area contributed by atoms with Crippen LogP contribution in [0.5, 0.6) is 0 Å². The van der Waals surface area contributed by atoms with Gasteiger partial charge >= 0.3 is 0 Å². The van der Waals surface area contributed by atoms with Gasteiger partial charge < -0.3 is 5.11 Å².